The minimum absolute atomic E-state index is 0.353. The van der Waals surface area contributed by atoms with Gasteiger partial charge in [0.1, 0.15) is 0 Å². The molecule has 6 heteroatoms. The summed E-state index contributed by atoms with van der Waals surface area (Å²) in [4.78, 5) is 29.8. The van der Waals surface area contributed by atoms with Crippen LogP contribution in [0.1, 0.15) is 26.4 Å². The van der Waals surface area contributed by atoms with E-state index in [0.29, 0.717) is 17.1 Å². The molecule has 2 heterocycles. The highest BCUT2D eigenvalue weighted by atomic mass is 32.1. The van der Waals surface area contributed by atoms with Gasteiger partial charge in [-0.2, -0.15) is 0 Å². The number of benzene rings is 2. The molecule has 0 fully saturated rings. The summed E-state index contributed by atoms with van der Waals surface area (Å²) in [6.07, 6.45) is 2.06. The fourth-order valence-corrected chi connectivity index (χ4v) is 3.76. The van der Waals surface area contributed by atoms with Crippen LogP contribution in [-0.4, -0.2) is 23.0 Å². The molecule has 0 bridgehead atoms. The molecule has 3 aromatic rings. The Kier molecular flexibility index (Phi) is 4.50. The van der Waals surface area contributed by atoms with Crippen LogP contribution in [0.5, 0.6) is 0 Å². The van der Waals surface area contributed by atoms with E-state index in [1.54, 1.807) is 18.3 Å². The van der Waals surface area contributed by atoms with Crippen molar-refractivity contribution in [2.75, 3.05) is 5.32 Å². The summed E-state index contributed by atoms with van der Waals surface area (Å²) in [5.41, 5.74) is 2.54. The fourth-order valence-electron chi connectivity index (χ4n) is 2.91. The van der Waals surface area contributed by atoms with Gasteiger partial charge >= 0.3 is 5.97 Å². The molecule has 26 heavy (non-hydrogen) atoms. The second-order valence-electron chi connectivity index (χ2n) is 6.04. The number of esters is 1. The van der Waals surface area contributed by atoms with E-state index in [-0.39, 0.29) is 5.91 Å². The molecule has 1 aromatic heterocycles. The van der Waals surface area contributed by atoms with E-state index in [4.69, 9.17) is 4.74 Å². The second kappa shape index (κ2) is 7.09. The van der Waals surface area contributed by atoms with Crippen LogP contribution in [-0.2, 0) is 22.4 Å². The van der Waals surface area contributed by atoms with Crippen molar-refractivity contribution in [1.82, 2.24) is 4.98 Å². The Balaban J connectivity index is 1.42. The number of rotatable bonds is 4. The number of fused-ring (bicyclic) bond motifs is 1. The van der Waals surface area contributed by atoms with Crippen molar-refractivity contribution in [3.8, 4) is 0 Å². The van der Waals surface area contributed by atoms with Gasteiger partial charge in [0.15, 0.2) is 11.2 Å². The highest BCUT2D eigenvalue weighted by molar-refractivity contribution is 7.15. The van der Waals surface area contributed by atoms with Gasteiger partial charge < -0.3 is 4.74 Å². The average Bonchev–Trinajstić information content (AvgIpc) is 3.09. The van der Waals surface area contributed by atoms with E-state index >= 15 is 0 Å². The summed E-state index contributed by atoms with van der Waals surface area (Å²) >= 11 is 1.42. The van der Waals surface area contributed by atoms with Crippen molar-refractivity contribution >= 4 is 28.3 Å². The maximum Gasteiger partial charge on any atom is 0.339 e. The minimum Gasteiger partial charge on any atom is -0.448 e. The van der Waals surface area contributed by atoms with Crippen LogP contribution in [0.3, 0.4) is 0 Å². The van der Waals surface area contributed by atoms with Gasteiger partial charge in [0, 0.05) is 23.9 Å². The first-order valence-electron chi connectivity index (χ1n) is 8.27. The number of ether oxygens (including phenoxy) is 1. The van der Waals surface area contributed by atoms with Gasteiger partial charge in [-0.15, -0.1) is 11.3 Å². The van der Waals surface area contributed by atoms with Crippen molar-refractivity contribution in [3.63, 3.8) is 0 Å². The van der Waals surface area contributed by atoms with Gasteiger partial charge in [-0.1, -0.05) is 48.5 Å². The van der Waals surface area contributed by atoms with Crippen LogP contribution >= 0.6 is 11.3 Å². The van der Waals surface area contributed by atoms with Crippen LogP contribution < -0.4 is 5.32 Å². The largest absolute Gasteiger partial charge is 0.448 e. The van der Waals surface area contributed by atoms with E-state index in [9.17, 15) is 9.59 Å². The summed E-state index contributed by atoms with van der Waals surface area (Å²) in [5, 5.41) is 3.27. The molecule has 0 saturated heterocycles. The lowest BCUT2D eigenvalue weighted by molar-refractivity contribution is -0.125. The van der Waals surface area contributed by atoms with Crippen LogP contribution in [0.15, 0.2) is 60.8 Å². The topological polar surface area (TPSA) is 68.3 Å². The molecule has 0 unspecified atom stereocenters. The number of hydrogen-bond acceptors (Lipinski definition) is 5. The van der Waals surface area contributed by atoms with E-state index < -0.39 is 12.1 Å². The molecule has 4 rings (SSSR count). The molecule has 0 aliphatic carbocycles. The molecule has 1 aliphatic rings. The molecule has 0 spiro atoms. The van der Waals surface area contributed by atoms with Crippen LogP contribution in [0.2, 0.25) is 0 Å². The predicted octanol–water partition coefficient (Wildman–Crippen LogP) is 3.45. The fraction of sp³-hybridized carbons (Fsp3) is 0.150. The number of carbonyl (C=O) groups is 2. The third kappa shape index (κ3) is 3.50. The van der Waals surface area contributed by atoms with Gasteiger partial charge in [0.05, 0.1) is 5.56 Å². The Morgan fingerprint density at radius 1 is 1.15 bits per heavy atom. The van der Waals surface area contributed by atoms with E-state index in [1.807, 2.05) is 30.3 Å². The number of anilines is 1. The van der Waals surface area contributed by atoms with E-state index in [0.717, 1.165) is 16.9 Å². The summed E-state index contributed by atoms with van der Waals surface area (Å²) < 4.78 is 5.28. The first-order chi connectivity index (χ1) is 12.7. The molecule has 0 radical (unpaired) electrons. The van der Waals surface area contributed by atoms with Crippen molar-refractivity contribution in [2.24, 2.45) is 0 Å². The molecule has 2 aromatic carbocycles. The monoisotopic (exact) mass is 364 g/mol. The first kappa shape index (κ1) is 16.5. The van der Waals surface area contributed by atoms with E-state index in [2.05, 4.69) is 22.4 Å². The predicted molar refractivity (Wildman–Crippen MR) is 99.3 cm³/mol. The quantitative estimate of drug-likeness (QED) is 0.720. The molecule has 0 saturated carbocycles. The van der Waals surface area contributed by atoms with Crippen LogP contribution in [0, 0.1) is 0 Å². The highest BCUT2D eigenvalue weighted by Gasteiger charge is 2.31. The molecule has 5 nitrogen and oxygen atoms in total. The minimum atomic E-state index is -0.834. The van der Waals surface area contributed by atoms with Crippen LogP contribution in [0.4, 0.5) is 5.13 Å². The lowest BCUT2D eigenvalue weighted by Crippen LogP contribution is -2.37. The molecular weight excluding hydrogens is 348 g/mol. The van der Waals surface area contributed by atoms with Crippen molar-refractivity contribution in [2.45, 2.75) is 18.9 Å². The third-order valence-electron chi connectivity index (χ3n) is 4.19. The van der Waals surface area contributed by atoms with Gasteiger partial charge in [-0.3, -0.25) is 10.1 Å². The molecular formula is C20H16N2O3S. The maximum atomic E-state index is 12.5. The first-order valence-corrected chi connectivity index (χ1v) is 9.09. The zero-order valence-corrected chi connectivity index (χ0v) is 14.7. The molecule has 130 valence electrons. The normalized spacial score (nSPS) is 15.8. The Morgan fingerprint density at radius 3 is 2.77 bits per heavy atom. The Hall–Kier alpha value is -2.99. The number of hydrogen-bond donors (Lipinski definition) is 1. The average molecular weight is 364 g/mol. The van der Waals surface area contributed by atoms with Crippen molar-refractivity contribution in [3.05, 3.63) is 82.4 Å². The number of aromatic nitrogens is 1. The highest BCUT2D eigenvalue weighted by Crippen LogP contribution is 2.24. The molecule has 1 atom stereocenters. The number of nitrogens with one attached hydrogen (secondary N) is 1. The third-order valence-corrected chi connectivity index (χ3v) is 5.10. The summed E-state index contributed by atoms with van der Waals surface area (Å²) in [5.74, 6) is -0.815. The maximum absolute atomic E-state index is 12.5. The number of carbonyl (C=O) groups excluding carboxylic acids is 2. The number of amides is 1. The number of cyclic esters (lactones) is 1. The number of thiazole rings is 1. The van der Waals surface area contributed by atoms with Gasteiger partial charge in [0.2, 0.25) is 0 Å². The number of nitrogens with zero attached hydrogens (tertiary/aromatic N) is 1. The van der Waals surface area contributed by atoms with Gasteiger partial charge in [-0.25, -0.2) is 9.78 Å². The van der Waals surface area contributed by atoms with Crippen molar-refractivity contribution < 1.29 is 14.3 Å². The van der Waals surface area contributed by atoms with Gasteiger partial charge in [0.25, 0.3) is 5.91 Å². The lowest BCUT2D eigenvalue weighted by Gasteiger charge is -2.23. The van der Waals surface area contributed by atoms with Crippen LogP contribution in [0.25, 0.3) is 0 Å². The zero-order valence-electron chi connectivity index (χ0n) is 13.8. The Morgan fingerprint density at radius 2 is 1.92 bits per heavy atom. The zero-order chi connectivity index (χ0) is 17.9. The summed E-state index contributed by atoms with van der Waals surface area (Å²) in [6.45, 7) is 0. The van der Waals surface area contributed by atoms with Gasteiger partial charge in [-0.05, 0) is 17.2 Å². The molecule has 1 aliphatic heterocycles. The lowest BCUT2D eigenvalue weighted by atomic mass is 9.98. The molecule has 1 amide bonds. The Labute approximate surface area is 154 Å². The molecule has 1 N–H and O–H groups in total. The Bertz CT molecular complexity index is 952. The summed E-state index contributed by atoms with van der Waals surface area (Å²) in [7, 11) is 0. The second-order valence-corrected chi connectivity index (χ2v) is 7.15. The smallest absolute Gasteiger partial charge is 0.339 e. The SMILES string of the molecule is O=C1O[C@@H](C(=O)Nc2ncc(Cc3ccccc3)s2)Cc2ccccc21. The standard InChI is InChI=1S/C20H16N2O3S/c23-18(17-11-14-8-4-5-9-16(14)19(24)25-17)22-20-21-12-15(26-20)10-13-6-2-1-3-7-13/h1-9,12,17H,10-11H2,(H,21,22,23)/t17-/m1/s1. The van der Waals surface area contributed by atoms with Crippen molar-refractivity contribution in [1.29, 1.82) is 0 Å². The summed E-state index contributed by atoms with van der Waals surface area (Å²) in [6, 6.07) is 17.3. The van der Waals surface area contributed by atoms with E-state index in [1.165, 1.54) is 16.9 Å².